The number of imide groups is 1. The van der Waals surface area contributed by atoms with Gasteiger partial charge in [0.15, 0.2) is 0 Å². The number of benzene rings is 2. The zero-order valence-electron chi connectivity index (χ0n) is 17.3. The van der Waals surface area contributed by atoms with Crippen molar-refractivity contribution in [1.82, 2.24) is 10.2 Å². The number of amides is 3. The molecular formula is C24H25N3O3. The lowest BCUT2D eigenvalue weighted by molar-refractivity contribution is -0.147. The van der Waals surface area contributed by atoms with E-state index in [0.29, 0.717) is 12.1 Å². The minimum absolute atomic E-state index is 0.194. The molecule has 2 N–H and O–H groups in total. The van der Waals surface area contributed by atoms with Gasteiger partial charge in [-0.3, -0.25) is 24.6 Å². The Morgan fingerprint density at radius 1 is 0.933 bits per heavy atom. The largest absolute Gasteiger partial charge is 0.324 e. The van der Waals surface area contributed by atoms with Gasteiger partial charge in [0.25, 0.3) is 0 Å². The molecule has 0 bridgehead atoms. The molecule has 3 aliphatic heterocycles. The molecule has 3 amide bonds. The third-order valence-corrected chi connectivity index (χ3v) is 6.59. The number of fused-ring (bicyclic) bond motifs is 4. The van der Waals surface area contributed by atoms with Crippen molar-refractivity contribution in [1.29, 1.82) is 0 Å². The van der Waals surface area contributed by atoms with Crippen LogP contribution >= 0.6 is 0 Å². The fraction of sp³-hybridized carbons (Fsp3) is 0.375. The Balaban J connectivity index is 1.66. The van der Waals surface area contributed by atoms with Crippen LogP contribution in [0.15, 0.2) is 54.6 Å². The first-order chi connectivity index (χ1) is 14.2. The highest BCUT2D eigenvalue weighted by Crippen LogP contribution is 2.54. The molecular weight excluding hydrogens is 378 g/mol. The van der Waals surface area contributed by atoms with Gasteiger partial charge >= 0.3 is 0 Å². The maximum Gasteiger partial charge on any atom is 0.250 e. The number of nitrogens with zero attached hydrogens (tertiary/aromatic N) is 1. The fourth-order valence-corrected chi connectivity index (χ4v) is 5.46. The van der Waals surface area contributed by atoms with E-state index in [-0.39, 0.29) is 23.8 Å². The summed E-state index contributed by atoms with van der Waals surface area (Å²) in [6.45, 7) is 5.58. The third-order valence-electron chi connectivity index (χ3n) is 6.59. The van der Waals surface area contributed by atoms with E-state index in [1.54, 1.807) is 0 Å². The van der Waals surface area contributed by atoms with Crippen molar-refractivity contribution in [3.8, 4) is 0 Å². The summed E-state index contributed by atoms with van der Waals surface area (Å²) in [7, 11) is 0. The molecule has 30 heavy (non-hydrogen) atoms. The first-order valence-electron chi connectivity index (χ1n) is 10.4. The Morgan fingerprint density at radius 2 is 1.60 bits per heavy atom. The van der Waals surface area contributed by atoms with Crippen LogP contribution in [0.4, 0.5) is 5.69 Å². The average Bonchev–Trinajstić information content (AvgIpc) is 3.27. The van der Waals surface area contributed by atoms with Crippen LogP contribution in [0.25, 0.3) is 0 Å². The van der Waals surface area contributed by atoms with E-state index in [2.05, 4.69) is 10.6 Å². The zero-order chi connectivity index (χ0) is 21.3. The SMILES string of the molecule is CC(C)(C)N1C(=O)C2C(Cc3ccccc3)NC3(C(=O)Nc4ccccc43)C2C1=O. The molecule has 3 heterocycles. The Bertz CT molecular complexity index is 1060. The maximum absolute atomic E-state index is 13.6. The molecule has 0 aliphatic carbocycles. The van der Waals surface area contributed by atoms with Gasteiger partial charge in [0, 0.05) is 22.8 Å². The van der Waals surface area contributed by atoms with Gasteiger partial charge in [-0.05, 0) is 38.8 Å². The highest BCUT2D eigenvalue weighted by atomic mass is 16.2. The van der Waals surface area contributed by atoms with Crippen molar-refractivity contribution in [3.05, 3.63) is 65.7 Å². The Kier molecular flexibility index (Phi) is 3.96. The third kappa shape index (κ3) is 2.43. The molecule has 2 aromatic rings. The molecule has 2 fully saturated rings. The second-order valence-corrected chi connectivity index (χ2v) is 9.43. The highest BCUT2D eigenvalue weighted by molar-refractivity contribution is 6.15. The van der Waals surface area contributed by atoms with Gasteiger partial charge in [0.2, 0.25) is 17.7 Å². The molecule has 4 atom stereocenters. The molecule has 3 aliphatic rings. The Labute approximate surface area is 175 Å². The van der Waals surface area contributed by atoms with E-state index in [9.17, 15) is 14.4 Å². The lowest BCUT2D eigenvalue weighted by Crippen LogP contribution is -2.56. The maximum atomic E-state index is 13.6. The van der Waals surface area contributed by atoms with Gasteiger partial charge in [0.1, 0.15) is 5.54 Å². The summed E-state index contributed by atoms with van der Waals surface area (Å²) >= 11 is 0. The number of carbonyl (C=O) groups excluding carboxylic acids is 3. The molecule has 5 rings (SSSR count). The highest BCUT2D eigenvalue weighted by Gasteiger charge is 2.71. The van der Waals surface area contributed by atoms with E-state index < -0.39 is 22.9 Å². The van der Waals surface area contributed by atoms with Crippen LogP contribution in [-0.4, -0.2) is 34.2 Å². The predicted molar refractivity (Wildman–Crippen MR) is 112 cm³/mol. The van der Waals surface area contributed by atoms with E-state index in [4.69, 9.17) is 0 Å². The minimum Gasteiger partial charge on any atom is -0.324 e. The molecule has 2 aromatic carbocycles. The summed E-state index contributed by atoms with van der Waals surface area (Å²) in [5.41, 5.74) is 0.631. The van der Waals surface area contributed by atoms with Crippen molar-refractivity contribution >= 4 is 23.4 Å². The molecule has 0 radical (unpaired) electrons. The monoisotopic (exact) mass is 403 g/mol. The van der Waals surface area contributed by atoms with Crippen LogP contribution in [0.2, 0.25) is 0 Å². The van der Waals surface area contributed by atoms with Crippen LogP contribution in [0.5, 0.6) is 0 Å². The van der Waals surface area contributed by atoms with Gasteiger partial charge in [-0.25, -0.2) is 0 Å². The molecule has 4 unspecified atom stereocenters. The summed E-state index contributed by atoms with van der Waals surface area (Å²) < 4.78 is 0. The molecule has 6 heteroatoms. The number of anilines is 1. The van der Waals surface area contributed by atoms with Crippen LogP contribution < -0.4 is 10.6 Å². The average molecular weight is 403 g/mol. The van der Waals surface area contributed by atoms with E-state index in [1.165, 1.54) is 4.90 Å². The number of hydrogen-bond acceptors (Lipinski definition) is 4. The molecule has 0 aromatic heterocycles. The number of nitrogens with one attached hydrogen (secondary N) is 2. The molecule has 154 valence electrons. The Morgan fingerprint density at radius 3 is 2.30 bits per heavy atom. The molecule has 6 nitrogen and oxygen atoms in total. The molecule has 2 saturated heterocycles. The molecule has 0 saturated carbocycles. The number of rotatable bonds is 2. The van der Waals surface area contributed by atoms with Crippen LogP contribution in [0, 0.1) is 11.8 Å². The first-order valence-corrected chi connectivity index (χ1v) is 10.4. The second-order valence-electron chi connectivity index (χ2n) is 9.43. The standard InChI is InChI=1S/C24H25N3O3/c1-23(2,3)27-20(28)18-17(13-14-9-5-4-6-10-14)26-24(19(18)21(27)29)15-11-7-8-12-16(15)25-22(24)30/h4-12,17-19,26H,13H2,1-3H3,(H,25,30). The summed E-state index contributed by atoms with van der Waals surface area (Å²) in [6, 6.07) is 17.0. The number of hydrogen-bond donors (Lipinski definition) is 2. The minimum atomic E-state index is -1.23. The topological polar surface area (TPSA) is 78.5 Å². The van der Waals surface area contributed by atoms with Crippen LogP contribution in [0.3, 0.4) is 0 Å². The van der Waals surface area contributed by atoms with Crippen molar-refractivity contribution in [2.24, 2.45) is 11.8 Å². The predicted octanol–water partition coefficient (Wildman–Crippen LogP) is 2.45. The van der Waals surface area contributed by atoms with Crippen molar-refractivity contribution < 1.29 is 14.4 Å². The number of para-hydroxylation sites is 1. The normalized spacial score (nSPS) is 30.0. The number of carbonyl (C=O) groups is 3. The van der Waals surface area contributed by atoms with Gasteiger partial charge in [0.05, 0.1) is 11.8 Å². The smallest absolute Gasteiger partial charge is 0.250 e. The van der Waals surface area contributed by atoms with Gasteiger partial charge in [-0.2, -0.15) is 0 Å². The van der Waals surface area contributed by atoms with Gasteiger partial charge in [-0.15, -0.1) is 0 Å². The second kappa shape index (κ2) is 6.25. The van der Waals surface area contributed by atoms with Crippen molar-refractivity contribution in [2.75, 3.05) is 5.32 Å². The van der Waals surface area contributed by atoms with Gasteiger partial charge < -0.3 is 5.32 Å². The lowest BCUT2D eigenvalue weighted by atomic mass is 9.76. The van der Waals surface area contributed by atoms with Gasteiger partial charge in [-0.1, -0.05) is 48.5 Å². The summed E-state index contributed by atoms with van der Waals surface area (Å²) in [5.74, 6) is -2.08. The first kappa shape index (κ1) is 19.0. The summed E-state index contributed by atoms with van der Waals surface area (Å²) in [6.07, 6.45) is 0.566. The van der Waals surface area contributed by atoms with Crippen molar-refractivity contribution in [2.45, 2.75) is 44.3 Å². The van der Waals surface area contributed by atoms with Crippen LogP contribution in [-0.2, 0) is 26.3 Å². The fourth-order valence-electron chi connectivity index (χ4n) is 5.46. The number of likely N-dealkylation sites (tertiary alicyclic amines) is 1. The summed E-state index contributed by atoms with van der Waals surface area (Å²) in [5, 5.41) is 6.41. The zero-order valence-corrected chi connectivity index (χ0v) is 17.3. The van der Waals surface area contributed by atoms with E-state index in [1.807, 2.05) is 75.4 Å². The van der Waals surface area contributed by atoms with E-state index >= 15 is 0 Å². The lowest BCUT2D eigenvalue weighted by Gasteiger charge is -2.34. The summed E-state index contributed by atoms with van der Waals surface area (Å²) in [4.78, 5) is 41.9. The van der Waals surface area contributed by atoms with Crippen molar-refractivity contribution in [3.63, 3.8) is 0 Å². The Hall–Kier alpha value is -2.99. The van der Waals surface area contributed by atoms with E-state index in [0.717, 1.165) is 11.1 Å². The molecule has 1 spiro atoms. The quantitative estimate of drug-likeness (QED) is 0.755. The van der Waals surface area contributed by atoms with Crippen LogP contribution in [0.1, 0.15) is 31.9 Å².